The van der Waals surface area contributed by atoms with Crippen LogP contribution in [0.25, 0.3) is 101 Å². The number of fused-ring (bicyclic) bond motifs is 20. The zero-order chi connectivity index (χ0) is 30.2. The summed E-state index contributed by atoms with van der Waals surface area (Å²) in [5.41, 5.74) is 7.77. The Labute approximate surface area is 280 Å². The van der Waals surface area contributed by atoms with Gasteiger partial charge in [-0.05, 0) is 27.3 Å². The van der Waals surface area contributed by atoms with Crippen molar-refractivity contribution in [2.75, 3.05) is 0 Å². The Kier molecular flexibility index (Phi) is 6.17. The minimum Gasteiger partial charge on any atom is -0.357 e. The van der Waals surface area contributed by atoms with Gasteiger partial charge < -0.3 is 29.9 Å². The van der Waals surface area contributed by atoms with Gasteiger partial charge in [0.2, 0.25) is 0 Å². The molecule has 214 valence electrons. The van der Waals surface area contributed by atoms with Crippen LogP contribution in [0, 0.1) is 0 Å². The van der Waals surface area contributed by atoms with Gasteiger partial charge in [-0.1, -0.05) is 121 Å². The second kappa shape index (κ2) is 10.6. The fraction of sp³-hybridized carbons (Fsp3) is 0. The van der Waals surface area contributed by atoms with E-state index >= 15 is 0 Å². The summed E-state index contributed by atoms with van der Waals surface area (Å²) in [6, 6.07) is 40.4. The molecule has 0 amide bonds. The summed E-state index contributed by atoms with van der Waals surface area (Å²) in [6.45, 7) is 0. The number of hydrogen-bond donors (Lipinski definition) is 0. The van der Waals surface area contributed by atoms with Crippen molar-refractivity contribution in [1.82, 2.24) is 39.9 Å². The minimum absolute atomic E-state index is 0. The van der Waals surface area contributed by atoms with E-state index in [1.54, 1.807) is 0 Å². The first-order chi connectivity index (χ1) is 22.8. The quantitative estimate of drug-likeness (QED) is 0.165. The van der Waals surface area contributed by atoms with Gasteiger partial charge in [0.15, 0.2) is 0 Å². The van der Waals surface area contributed by atoms with Crippen LogP contribution in [0.15, 0.2) is 121 Å². The summed E-state index contributed by atoms with van der Waals surface area (Å²) in [5.74, 6) is 2.16. The predicted molar refractivity (Wildman–Crippen MR) is 179 cm³/mol. The van der Waals surface area contributed by atoms with Gasteiger partial charge in [0.1, 0.15) is 0 Å². The van der Waals surface area contributed by atoms with E-state index in [9.17, 15) is 0 Å². The van der Waals surface area contributed by atoms with E-state index in [1.165, 1.54) is 0 Å². The van der Waals surface area contributed by atoms with Crippen LogP contribution in [0.1, 0.15) is 0 Å². The van der Waals surface area contributed by atoms with Crippen molar-refractivity contribution in [2.24, 2.45) is 0 Å². The molecule has 0 spiro atoms. The first-order valence-electron chi connectivity index (χ1n) is 15.0. The molecule has 0 N–H and O–H groups in total. The van der Waals surface area contributed by atoms with Gasteiger partial charge in [-0.2, -0.15) is 0 Å². The maximum absolute atomic E-state index is 5.14. The van der Waals surface area contributed by atoms with Crippen LogP contribution in [0.2, 0.25) is 0 Å². The minimum atomic E-state index is 0. The number of rotatable bonds is 1. The van der Waals surface area contributed by atoms with Gasteiger partial charge in [-0.25, -0.2) is 9.97 Å². The molecule has 0 saturated carbocycles. The van der Waals surface area contributed by atoms with E-state index in [2.05, 4.69) is 18.2 Å². The van der Waals surface area contributed by atoms with Crippen molar-refractivity contribution < 1.29 is 19.5 Å². The smallest absolute Gasteiger partial charge is 0.357 e. The summed E-state index contributed by atoms with van der Waals surface area (Å²) in [6.07, 6.45) is 0. The van der Waals surface area contributed by atoms with Crippen LogP contribution in [0.5, 0.6) is 0 Å². The van der Waals surface area contributed by atoms with Crippen molar-refractivity contribution in [3.8, 4) is 56.7 Å². The van der Waals surface area contributed by atoms with Gasteiger partial charge >= 0.3 is 19.5 Å². The molecule has 8 nitrogen and oxygen atoms in total. The van der Waals surface area contributed by atoms with E-state index in [-0.39, 0.29) is 19.5 Å². The molecule has 47 heavy (non-hydrogen) atoms. The van der Waals surface area contributed by atoms with Gasteiger partial charge in [-0.3, -0.25) is 0 Å². The molecule has 0 aliphatic carbocycles. The Morgan fingerprint density at radius 2 is 0.702 bits per heavy atom. The van der Waals surface area contributed by atoms with Crippen LogP contribution in [-0.2, 0) is 19.5 Å². The van der Waals surface area contributed by atoms with Crippen LogP contribution in [0.4, 0.5) is 0 Å². The molecule has 5 heterocycles. The molecule has 2 aliphatic heterocycles. The third-order valence-corrected chi connectivity index (χ3v) is 8.53. The maximum Gasteiger partial charge on any atom is 2.00 e. The van der Waals surface area contributed by atoms with Crippen LogP contribution in [0.3, 0.4) is 0 Å². The Bertz CT molecular complexity index is 2710. The molecule has 2 aliphatic rings. The first kappa shape index (κ1) is 27.4. The molecule has 8 aromatic rings. The van der Waals surface area contributed by atoms with Gasteiger partial charge in [0, 0.05) is 50.2 Å². The standard InChI is InChI=1S/C38H20N8.Zn/c1-2-11-21(12-3-1)22-19-10-20-29-30(22)38-45-36-28-18-9-8-17-27(28)34(43-36)41-32-24-14-5-4-13-23(24)31(39-32)40-33-25-15-6-7-16-26(25)35(42-33)44-37(29)46-38;/h1-20H;/q-2;+2. The fourth-order valence-electron chi connectivity index (χ4n) is 6.41. The van der Waals surface area contributed by atoms with Crippen LogP contribution in [-0.4, -0.2) is 29.9 Å². The molecule has 8 bridgehead atoms. The predicted octanol–water partition coefficient (Wildman–Crippen LogP) is 7.79. The molecule has 3 aromatic heterocycles. The number of benzene rings is 5. The Morgan fingerprint density at radius 1 is 0.319 bits per heavy atom. The molecule has 5 aromatic carbocycles. The van der Waals surface area contributed by atoms with Crippen molar-refractivity contribution >= 4 is 44.1 Å². The summed E-state index contributed by atoms with van der Waals surface area (Å²) in [7, 11) is 0. The van der Waals surface area contributed by atoms with Crippen LogP contribution < -0.4 is 9.97 Å². The average molecular weight is 654 g/mol. The monoisotopic (exact) mass is 652 g/mol. The number of hydrogen-bond acceptors (Lipinski definition) is 6. The van der Waals surface area contributed by atoms with Gasteiger partial charge in [-0.15, -0.1) is 0 Å². The molecule has 0 unspecified atom stereocenters. The normalized spacial score (nSPS) is 11.7. The maximum atomic E-state index is 5.14. The fourth-order valence-corrected chi connectivity index (χ4v) is 6.41. The third-order valence-electron chi connectivity index (χ3n) is 8.53. The molecular weight excluding hydrogens is 634 g/mol. The summed E-state index contributed by atoms with van der Waals surface area (Å²) in [5, 5.41) is 3.55. The second-order valence-corrected chi connectivity index (χ2v) is 11.2. The number of aromatic nitrogens is 8. The molecule has 0 saturated heterocycles. The molecule has 0 fully saturated rings. The Balaban J connectivity index is 0.00000302. The van der Waals surface area contributed by atoms with Crippen molar-refractivity contribution in [3.05, 3.63) is 121 Å². The third kappa shape index (κ3) is 4.24. The molecule has 0 atom stereocenters. The Hall–Kier alpha value is -5.92. The average Bonchev–Trinajstić information content (AvgIpc) is 3.84. The zero-order valence-corrected chi connectivity index (χ0v) is 27.8. The van der Waals surface area contributed by atoms with E-state index in [0.29, 0.717) is 45.9 Å². The van der Waals surface area contributed by atoms with E-state index in [0.717, 1.165) is 54.9 Å². The van der Waals surface area contributed by atoms with Gasteiger partial charge in [0.05, 0.1) is 23.3 Å². The Morgan fingerprint density at radius 3 is 1.23 bits per heavy atom. The SMILES string of the molecule is [Zn+2].c1ccc(-c2cccc3c4nc5nc(nc6[n-]c(nc7nc(nc([n-]4)c23)-c2ccccc2-7)c2ccccc62)-c2ccccc2-5)cc1. The molecular formula is C38H20N8Zn. The van der Waals surface area contributed by atoms with Crippen LogP contribution >= 0.6 is 0 Å². The molecule has 9 heteroatoms. The van der Waals surface area contributed by atoms with E-state index < -0.39 is 0 Å². The van der Waals surface area contributed by atoms with E-state index in [1.807, 2.05) is 103 Å². The number of nitrogens with zero attached hydrogens (tertiary/aromatic N) is 8. The summed E-state index contributed by atoms with van der Waals surface area (Å²) >= 11 is 0. The van der Waals surface area contributed by atoms with Crippen molar-refractivity contribution in [3.63, 3.8) is 0 Å². The largest absolute Gasteiger partial charge is 2.00 e. The van der Waals surface area contributed by atoms with E-state index in [4.69, 9.17) is 39.9 Å². The van der Waals surface area contributed by atoms with Crippen molar-refractivity contribution in [1.29, 1.82) is 0 Å². The zero-order valence-electron chi connectivity index (χ0n) is 24.8. The first-order valence-corrected chi connectivity index (χ1v) is 15.0. The second-order valence-electron chi connectivity index (χ2n) is 11.2. The molecule has 10 rings (SSSR count). The molecule has 0 radical (unpaired) electrons. The van der Waals surface area contributed by atoms with Gasteiger partial charge in [0.25, 0.3) is 0 Å². The topological polar surface area (TPSA) is 106 Å². The summed E-state index contributed by atoms with van der Waals surface area (Å²) in [4.78, 5) is 40.1. The van der Waals surface area contributed by atoms with Crippen molar-refractivity contribution in [2.45, 2.75) is 0 Å². The summed E-state index contributed by atoms with van der Waals surface area (Å²) < 4.78 is 0.